The Morgan fingerprint density at radius 3 is 2.95 bits per heavy atom. The van der Waals surface area contributed by atoms with E-state index in [2.05, 4.69) is 10.6 Å². The number of ether oxygens (including phenoxy) is 3. The van der Waals surface area contributed by atoms with Gasteiger partial charge in [0.1, 0.15) is 0 Å². The van der Waals surface area contributed by atoms with Crippen molar-refractivity contribution in [1.29, 1.82) is 0 Å². The van der Waals surface area contributed by atoms with Crippen molar-refractivity contribution < 1.29 is 19.0 Å². The molecule has 0 aliphatic carbocycles. The molecule has 0 aromatic heterocycles. The molecule has 1 amide bonds. The highest BCUT2D eigenvalue weighted by Crippen LogP contribution is 2.30. The molecular weight excluding hydrogens is 260 g/mol. The topological polar surface area (TPSA) is 68.8 Å². The van der Waals surface area contributed by atoms with Gasteiger partial charge in [0, 0.05) is 19.6 Å². The van der Waals surface area contributed by atoms with Crippen LogP contribution in [0.1, 0.15) is 10.4 Å². The number of benzene rings is 1. The molecule has 2 rings (SSSR count). The number of para-hydroxylation sites is 1. The average Bonchev–Trinajstić information content (AvgIpc) is 2.52. The molecule has 0 spiro atoms. The van der Waals surface area contributed by atoms with E-state index in [-0.39, 0.29) is 12.0 Å². The summed E-state index contributed by atoms with van der Waals surface area (Å²) in [5.41, 5.74) is 0.454. The Bertz CT molecular complexity index is 458. The SMILES string of the molecule is COc1cccc(C(=O)NCC2CNCCO2)c1OC. The van der Waals surface area contributed by atoms with Gasteiger partial charge in [-0.3, -0.25) is 4.79 Å². The number of carbonyl (C=O) groups is 1. The van der Waals surface area contributed by atoms with Crippen molar-refractivity contribution >= 4 is 5.91 Å². The van der Waals surface area contributed by atoms with Crippen molar-refractivity contribution in [3.8, 4) is 11.5 Å². The van der Waals surface area contributed by atoms with Crippen LogP contribution in [-0.4, -0.2) is 52.5 Å². The van der Waals surface area contributed by atoms with E-state index in [1.807, 2.05) is 0 Å². The highest BCUT2D eigenvalue weighted by molar-refractivity contribution is 5.97. The number of methoxy groups -OCH3 is 2. The lowest BCUT2D eigenvalue weighted by atomic mass is 10.1. The van der Waals surface area contributed by atoms with Crippen LogP contribution >= 0.6 is 0 Å². The molecule has 2 N–H and O–H groups in total. The fourth-order valence-electron chi connectivity index (χ4n) is 2.12. The Labute approximate surface area is 118 Å². The van der Waals surface area contributed by atoms with Gasteiger partial charge in [0.05, 0.1) is 32.5 Å². The molecule has 6 heteroatoms. The quantitative estimate of drug-likeness (QED) is 0.818. The predicted octanol–water partition coefficient (Wildman–Crippen LogP) is 0.422. The van der Waals surface area contributed by atoms with Gasteiger partial charge in [-0.25, -0.2) is 0 Å². The predicted molar refractivity (Wildman–Crippen MR) is 74.5 cm³/mol. The molecule has 20 heavy (non-hydrogen) atoms. The van der Waals surface area contributed by atoms with E-state index >= 15 is 0 Å². The molecule has 1 aromatic rings. The summed E-state index contributed by atoms with van der Waals surface area (Å²) in [6, 6.07) is 5.22. The van der Waals surface area contributed by atoms with E-state index in [0.717, 1.165) is 13.1 Å². The smallest absolute Gasteiger partial charge is 0.255 e. The summed E-state index contributed by atoms with van der Waals surface area (Å²) in [6.45, 7) is 2.74. The van der Waals surface area contributed by atoms with E-state index in [4.69, 9.17) is 14.2 Å². The highest BCUT2D eigenvalue weighted by Gasteiger charge is 2.18. The number of rotatable bonds is 5. The first kappa shape index (κ1) is 14.6. The summed E-state index contributed by atoms with van der Waals surface area (Å²) < 4.78 is 16.0. The first-order chi connectivity index (χ1) is 9.76. The van der Waals surface area contributed by atoms with Gasteiger partial charge >= 0.3 is 0 Å². The van der Waals surface area contributed by atoms with Gasteiger partial charge in [-0.2, -0.15) is 0 Å². The van der Waals surface area contributed by atoms with Crippen LogP contribution < -0.4 is 20.1 Å². The standard InChI is InChI=1S/C14H20N2O4/c1-18-12-5-3-4-11(13(12)19-2)14(17)16-9-10-8-15-6-7-20-10/h3-5,10,15H,6-9H2,1-2H3,(H,16,17). The van der Waals surface area contributed by atoms with Crippen molar-refractivity contribution in [2.45, 2.75) is 6.10 Å². The molecule has 6 nitrogen and oxygen atoms in total. The minimum absolute atomic E-state index is 0.00398. The Morgan fingerprint density at radius 1 is 1.45 bits per heavy atom. The van der Waals surface area contributed by atoms with Crippen LogP contribution in [0, 0.1) is 0 Å². The minimum atomic E-state index is -0.199. The van der Waals surface area contributed by atoms with Gasteiger partial charge in [-0.15, -0.1) is 0 Å². The molecule has 1 aliphatic rings. The van der Waals surface area contributed by atoms with Crippen LogP contribution in [0.2, 0.25) is 0 Å². The molecule has 1 heterocycles. The lowest BCUT2D eigenvalue weighted by Crippen LogP contribution is -2.45. The summed E-state index contributed by atoms with van der Waals surface area (Å²) in [4.78, 5) is 12.2. The second-order valence-electron chi connectivity index (χ2n) is 4.45. The zero-order valence-corrected chi connectivity index (χ0v) is 11.8. The van der Waals surface area contributed by atoms with E-state index in [0.29, 0.717) is 30.2 Å². The van der Waals surface area contributed by atoms with Crippen molar-refractivity contribution in [3.63, 3.8) is 0 Å². The molecule has 1 aromatic carbocycles. The van der Waals surface area contributed by atoms with Crippen molar-refractivity contribution in [2.75, 3.05) is 40.5 Å². The van der Waals surface area contributed by atoms with Gasteiger partial charge in [-0.1, -0.05) is 6.07 Å². The molecule has 1 saturated heterocycles. The normalized spacial score (nSPS) is 18.4. The lowest BCUT2D eigenvalue weighted by Gasteiger charge is -2.24. The van der Waals surface area contributed by atoms with Crippen LogP contribution in [0.5, 0.6) is 11.5 Å². The van der Waals surface area contributed by atoms with Gasteiger partial charge in [0.2, 0.25) is 0 Å². The number of hydrogen-bond acceptors (Lipinski definition) is 5. The zero-order valence-electron chi connectivity index (χ0n) is 11.8. The van der Waals surface area contributed by atoms with Crippen LogP contribution in [0.15, 0.2) is 18.2 Å². The van der Waals surface area contributed by atoms with Crippen molar-refractivity contribution in [3.05, 3.63) is 23.8 Å². The maximum absolute atomic E-state index is 12.2. The molecule has 1 unspecified atom stereocenters. The Kier molecular flexibility index (Phi) is 5.20. The maximum atomic E-state index is 12.2. The number of hydrogen-bond donors (Lipinski definition) is 2. The molecule has 1 aliphatic heterocycles. The number of nitrogens with one attached hydrogen (secondary N) is 2. The summed E-state index contributed by atoms with van der Waals surface area (Å²) in [5, 5.41) is 6.07. The second-order valence-corrected chi connectivity index (χ2v) is 4.45. The molecule has 110 valence electrons. The van der Waals surface area contributed by atoms with Gasteiger partial charge in [0.25, 0.3) is 5.91 Å². The van der Waals surface area contributed by atoms with E-state index < -0.39 is 0 Å². The summed E-state index contributed by atoms with van der Waals surface area (Å²) >= 11 is 0. The zero-order chi connectivity index (χ0) is 14.4. The molecule has 1 fully saturated rings. The third-order valence-corrected chi connectivity index (χ3v) is 3.14. The fraction of sp³-hybridized carbons (Fsp3) is 0.500. The first-order valence-corrected chi connectivity index (χ1v) is 6.57. The Balaban J connectivity index is 2.01. The summed E-state index contributed by atoms with van der Waals surface area (Å²) in [6.07, 6.45) is 0.00398. The Hall–Kier alpha value is -1.79. The van der Waals surface area contributed by atoms with Crippen LogP contribution in [0.25, 0.3) is 0 Å². The average molecular weight is 280 g/mol. The maximum Gasteiger partial charge on any atom is 0.255 e. The minimum Gasteiger partial charge on any atom is -0.493 e. The third kappa shape index (κ3) is 3.40. The van der Waals surface area contributed by atoms with Crippen molar-refractivity contribution in [1.82, 2.24) is 10.6 Å². The molecule has 0 bridgehead atoms. The van der Waals surface area contributed by atoms with Gasteiger partial charge in [-0.05, 0) is 12.1 Å². The van der Waals surface area contributed by atoms with Crippen LogP contribution in [0.3, 0.4) is 0 Å². The molecule has 0 saturated carbocycles. The van der Waals surface area contributed by atoms with E-state index in [9.17, 15) is 4.79 Å². The number of amides is 1. The monoisotopic (exact) mass is 280 g/mol. The number of carbonyl (C=O) groups excluding carboxylic acids is 1. The van der Waals surface area contributed by atoms with E-state index in [1.54, 1.807) is 25.3 Å². The Morgan fingerprint density at radius 2 is 2.30 bits per heavy atom. The van der Waals surface area contributed by atoms with Gasteiger partial charge in [0.15, 0.2) is 11.5 Å². The summed E-state index contributed by atoms with van der Waals surface area (Å²) in [5.74, 6) is 0.779. The second kappa shape index (κ2) is 7.12. The molecule has 0 radical (unpaired) electrons. The van der Waals surface area contributed by atoms with Crippen LogP contribution in [-0.2, 0) is 4.74 Å². The summed E-state index contributed by atoms with van der Waals surface area (Å²) in [7, 11) is 3.06. The highest BCUT2D eigenvalue weighted by atomic mass is 16.5. The molecule has 1 atom stereocenters. The van der Waals surface area contributed by atoms with Gasteiger partial charge < -0.3 is 24.8 Å². The van der Waals surface area contributed by atoms with E-state index in [1.165, 1.54) is 7.11 Å². The van der Waals surface area contributed by atoms with Crippen molar-refractivity contribution in [2.24, 2.45) is 0 Å². The largest absolute Gasteiger partial charge is 0.493 e. The van der Waals surface area contributed by atoms with Crippen LogP contribution in [0.4, 0.5) is 0 Å². The third-order valence-electron chi connectivity index (χ3n) is 3.14. The molecular formula is C14H20N2O4. The lowest BCUT2D eigenvalue weighted by molar-refractivity contribution is 0.0287. The number of morpholine rings is 1. The first-order valence-electron chi connectivity index (χ1n) is 6.57. The fourth-order valence-corrected chi connectivity index (χ4v) is 2.12.